The van der Waals surface area contributed by atoms with Crippen LogP contribution in [0.1, 0.15) is 16.7 Å². The van der Waals surface area contributed by atoms with Crippen LogP contribution in [0.25, 0.3) is 5.70 Å². The Balaban J connectivity index is 1.58. The van der Waals surface area contributed by atoms with Gasteiger partial charge in [0.05, 0.1) is 11.3 Å². The molecule has 2 aliphatic heterocycles. The first-order chi connectivity index (χ1) is 18.5. The normalized spacial score (nSPS) is 16.8. The molecular weight excluding hydrogens is 519 g/mol. The van der Waals surface area contributed by atoms with E-state index in [0.717, 1.165) is 23.9 Å². The molecule has 0 radical (unpaired) electrons. The molecule has 1 N–H and O–H groups in total. The van der Waals surface area contributed by atoms with Gasteiger partial charge in [-0.1, -0.05) is 18.2 Å². The lowest BCUT2D eigenvalue weighted by atomic mass is 10.0. The molecule has 1 fully saturated rings. The molecule has 0 spiro atoms. The molecule has 6 nitrogen and oxygen atoms in total. The molecule has 2 aliphatic rings. The van der Waals surface area contributed by atoms with E-state index in [1.165, 1.54) is 41.3 Å². The van der Waals surface area contributed by atoms with E-state index in [0.29, 0.717) is 31.7 Å². The highest BCUT2D eigenvalue weighted by Crippen LogP contribution is 2.41. The van der Waals surface area contributed by atoms with Gasteiger partial charge in [-0.15, -0.1) is 0 Å². The van der Waals surface area contributed by atoms with Crippen molar-refractivity contribution in [3.8, 4) is 0 Å². The van der Waals surface area contributed by atoms with Crippen molar-refractivity contribution < 1.29 is 31.9 Å². The van der Waals surface area contributed by atoms with Crippen molar-refractivity contribution in [2.45, 2.75) is 13.1 Å². The number of hydrogen-bond acceptors (Lipinski definition) is 5. The van der Waals surface area contributed by atoms with Crippen LogP contribution in [0.5, 0.6) is 0 Å². The minimum absolute atomic E-state index is 0.0158. The largest absolute Gasteiger partial charge is 0.478 e. The van der Waals surface area contributed by atoms with Gasteiger partial charge in [-0.25, -0.2) is 18.6 Å². The van der Waals surface area contributed by atoms with Crippen molar-refractivity contribution in [3.05, 3.63) is 95.1 Å². The number of benzene rings is 3. The van der Waals surface area contributed by atoms with Crippen LogP contribution in [0.15, 0.2) is 71.7 Å². The number of rotatable bonds is 3. The van der Waals surface area contributed by atoms with E-state index >= 15 is 0 Å². The summed E-state index contributed by atoms with van der Waals surface area (Å²) in [4.78, 5) is 21.5. The Kier molecular flexibility index (Phi) is 6.75. The van der Waals surface area contributed by atoms with E-state index in [4.69, 9.17) is 0 Å². The van der Waals surface area contributed by atoms with E-state index < -0.39 is 23.5 Å². The third-order valence-electron chi connectivity index (χ3n) is 6.68. The van der Waals surface area contributed by atoms with Crippen LogP contribution in [0.2, 0.25) is 0 Å². The highest BCUT2D eigenvalue weighted by Gasteiger charge is 2.36. The number of alkyl halides is 3. The number of piperazine rings is 1. The van der Waals surface area contributed by atoms with Crippen LogP contribution in [0.4, 0.5) is 39.0 Å². The lowest BCUT2D eigenvalue weighted by Gasteiger charge is -2.43. The number of carboxylic acids is 1. The molecule has 202 valence electrons. The number of carboxylic acid groups (broad SMARTS) is 1. The smallest absolute Gasteiger partial charge is 0.416 e. The summed E-state index contributed by atoms with van der Waals surface area (Å²) in [5.74, 6) is -2.25. The van der Waals surface area contributed by atoms with Gasteiger partial charge in [-0.2, -0.15) is 13.2 Å². The maximum atomic E-state index is 14.9. The van der Waals surface area contributed by atoms with Crippen LogP contribution < -0.4 is 9.80 Å². The van der Waals surface area contributed by atoms with E-state index in [9.17, 15) is 31.9 Å². The van der Waals surface area contributed by atoms with Crippen LogP contribution in [0.3, 0.4) is 0 Å². The second-order valence-electron chi connectivity index (χ2n) is 9.21. The number of fused-ring (bicyclic) bond motifs is 1. The first kappa shape index (κ1) is 26.2. The summed E-state index contributed by atoms with van der Waals surface area (Å²) in [5.41, 5.74) is 0.449. The van der Waals surface area contributed by atoms with Crippen molar-refractivity contribution in [2.24, 2.45) is 4.99 Å². The number of carbonyl (C=O) groups is 1. The average molecular weight is 543 g/mol. The van der Waals surface area contributed by atoms with Crippen LogP contribution in [-0.4, -0.2) is 48.1 Å². The Bertz CT molecular complexity index is 1490. The maximum absolute atomic E-state index is 14.9. The zero-order valence-electron chi connectivity index (χ0n) is 20.7. The van der Waals surface area contributed by atoms with Gasteiger partial charge in [0, 0.05) is 49.2 Å². The number of nitrogens with zero attached hydrogens (tertiary/aromatic N) is 4. The van der Waals surface area contributed by atoms with Crippen LogP contribution in [0, 0.1) is 18.6 Å². The Morgan fingerprint density at radius 2 is 1.59 bits per heavy atom. The Morgan fingerprint density at radius 3 is 2.26 bits per heavy atom. The molecule has 3 aromatic rings. The van der Waals surface area contributed by atoms with Gasteiger partial charge in [0.15, 0.2) is 0 Å². The number of anilines is 2. The zero-order valence-corrected chi connectivity index (χ0v) is 20.7. The Labute approximate surface area is 220 Å². The highest BCUT2D eigenvalue weighted by molar-refractivity contribution is 6.15. The molecule has 1 saturated heterocycles. The van der Waals surface area contributed by atoms with Crippen LogP contribution in [-0.2, 0) is 11.0 Å². The maximum Gasteiger partial charge on any atom is 0.416 e. The fourth-order valence-corrected chi connectivity index (χ4v) is 4.75. The standard InChI is InChI=1S/C28H23F5N4O2/c1-17-14-19(8-9-22(17)29)35-10-12-36(13-11-35)27-34-26-21(6-3-7-23(26)30)24(16-25(38)39)37(27)20-5-2-4-18(15-20)28(31,32)33/h2-9,14-16H,10-13H2,1H3,(H,38,39)/b24-16+. The molecule has 0 atom stereocenters. The SMILES string of the molecule is Cc1cc(N2CCN(C3=Nc4c(F)cccc4/C(=C\C(=O)O)N3c3cccc(C(F)(F)F)c3)CC2)ccc1F. The molecule has 2 heterocycles. The summed E-state index contributed by atoms with van der Waals surface area (Å²) in [6.07, 6.45) is -3.80. The van der Waals surface area contributed by atoms with Crippen molar-refractivity contribution >= 4 is 34.7 Å². The Hall–Kier alpha value is -4.41. The van der Waals surface area contributed by atoms with E-state index in [1.54, 1.807) is 24.0 Å². The van der Waals surface area contributed by atoms with E-state index in [-0.39, 0.29) is 34.4 Å². The van der Waals surface area contributed by atoms with Crippen molar-refractivity contribution in [1.29, 1.82) is 0 Å². The van der Waals surface area contributed by atoms with Crippen molar-refractivity contribution in [1.82, 2.24) is 4.90 Å². The lowest BCUT2D eigenvalue weighted by molar-refractivity contribution is -0.137. The monoisotopic (exact) mass is 542 g/mol. The molecule has 0 amide bonds. The molecule has 0 unspecified atom stereocenters. The molecule has 0 saturated carbocycles. The van der Waals surface area contributed by atoms with Crippen LogP contribution >= 0.6 is 0 Å². The fourth-order valence-electron chi connectivity index (χ4n) is 4.75. The number of guanidine groups is 1. The van der Waals surface area contributed by atoms with Gasteiger partial charge < -0.3 is 14.9 Å². The summed E-state index contributed by atoms with van der Waals surface area (Å²) < 4.78 is 69.5. The summed E-state index contributed by atoms with van der Waals surface area (Å²) in [5, 5.41) is 9.64. The van der Waals surface area contributed by atoms with Crippen molar-refractivity contribution in [3.63, 3.8) is 0 Å². The minimum Gasteiger partial charge on any atom is -0.478 e. The molecule has 0 bridgehead atoms. The van der Waals surface area contributed by atoms with E-state index in [2.05, 4.69) is 4.99 Å². The first-order valence-electron chi connectivity index (χ1n) is 12.1. The lowest BCUT2D eigenvalue weighted by Crippen LogP contribution is -2.54. The van der Waals surface area contributed by atoms with E-state index in [1.807, 2.05) is 4.90 Å². The number of para-hydroxylation sites is 1. The number of aliphatic imine (C=N–C) groups is 1. The average Bonchev–Trinajstić information content (AvgIpc) is 2.90. The van der Waals surface area contributed by atoms with Gasteiger partial charge >= 0.3 is 12.1 Å². The highest BCUT2D eigenvalue weighted by atomic mass is 19.4. The predicted octanol–water partition coefficient (Wildman–Crippen LogP) is 6.05. The summed E-state index contributed by atoms with van der Waals surface area (Å²) in [7, 11) is 0. The third-order valence-corrected chi connectivity index (χ3v) is 6.68. The number of halogens is 5. The quantitative estimate of drug-likeness (QED) is 0.323. The number of hydrogen-bond donors (Lipinski definition) is 1. The van der Waals surface area contributed by atoms with Gasteiger partial charge in [0.2, 0.25) is 5.96 Å². The molecule has 11 heteroatoms. The van der Waals surface area contributed by atoms with Gasteiger partial charge in [-0.3, -0.25) is 4.90 Å². The summed E-state index contributed by atoms with van der Waals surface area (Å²) in [6.45, 7) is 3.27. The molecule has 0 aromatic heterocycles. The third kappa shape index (κ3) is 5.16. The zero-order chi connectivity index (χ0) is 27.9. The molecule has 5 rings (SSSR count). The second kappa shape index (κ2) is 10.0. The predicted molar refractivity (Wildman–Crippen MR) is 138 cm³/mol. The second-order valence-corrected chi connectivity index (χ2v) is 9.21. The molecule has 3 aromatic carbocycles. The van der Waals surface area contributed by atoms with Gasteiger partial charge in [0.25, 0.3) is 0 Å². The fraction of sp³-hybridized carbons (Fsp3) is 0.214. The molecule has 39 heavy (non-hydrogen) atoms. The van der Waals surface area contributed by atoms with Gasteiger partial charge in [-0.05, 0) is 55.0 Å². The van der Waals surface area contributed by atoms with Crippen molar-refractivity contribution in [2.75, 3.05) is 36.0 Å². The summed E-state index contributed by atoms with van der Waals surface area (Å²) >= 11 is 0. The Morgan fingerprint density at radius 1 is 0.897 bits per heavy atom. The molecule has 0 aliphatic carbocycles. The number of aryl methyl sites for hydroxylation is 1. The molecular formula is C28H23F5N4O2. The topological polar surface area (TPSA) is 59.4 Å². The summed E-state index contributed by atoms with van der Waals surface area (Å²) in [6, 6.07) is 13.3. The minimum atomic E-state index is -4.64. The first-order valence-corrected chi connectivity index (χ1v) is 12.1. The van der Waals surface area contributed by atoms with Gasteiger partial charge in [0.1, 0.15) is 17.3 Å². The number of aliphatic carboxylic acids is 1.